The van der Waals surface area contributed by atoms with E-state index in [1.807, 2.05) is 11.9 Å². The second kappa shape index (κ2) is 5.71. The monoisotopic (exact) mass is 249 g/mol. The van der Waals surface area contributed by atoms with Crippen molar-refractivity contribution in [2.45, 2.75) is 38.1 Å². The first-order valence-corrected chi connectivity index (χ1v) is 6.96. The summed E-state index contributed by atoms with van der Waals surface area (Å²) in [6.45, 7) is 1.93. The number of rotatable bonds is 2. The SMILES string of the molecule is CN1CCC(C(=O)N(C)C2CCC(C#N)CC2)C1. The molecule has 0 radical (unpaired) electrons. The average molecular weight is 249 g/mol. The third-order valence-electron chi connectivity index (χ3n) is 4.52. The maximum atomic E-state index is 12.4. The molecule has 0 N–H and O–H groups in total. The van der Waals surface area contributed by atoms with Crippen molar-refractivity contribution in [2.75, 3.05) is 27.2 Å². The van der Waals surface area contributed by atoms with Crippen LogP contribution in [0, 0.1) is 23.2 Å². The molecule has 1 saturated carbocycles. The van der Waals surface area contributed by atoms with Gasteiger partial charge in [-0.3, -0.25) is 4.79 Å². The van der Waals surface area contributed by atoms with Gasteiger partial charge in [-0.15, -0.1) is 0 Å². The third-order valence-corrected chi connectivity index (χ3v) is 4.52. The summed E-state index contributed by atoms with van der Waals surface area (Å²) in [6, 6.07) is 2.70. The van der Waals surface area contributed by atoms with E-state index < -0.39 is 0 Å². The van der Waals surface area contributed by atoms with Gasteiger partial charge in [0.15, 0.2) is 0 Å². The molecular weight excluding hydrogens is 226 g/mol. The summed E-state index contributed by atoms with van der Waals surface area (Å²) in [4.78, 5) is 16.6. The smallest absolute Gasteiger partial charge is 0.227 e. The molecule has 1 heterocycles. The van der Waals surface area contributed by atoms with Crippen LogP contribution < -0.4 is 0 Å². The van der Waals surface area contributed by atoms with Crippen molar-refractivity contribution < 1.29 is 4.79 Å². The summed E-state index contributed by atoms with van der Waals surface area (Å²) < 4.78 is 0. The van der Waals surface area contributed by atoms with Crippen molar-refractivity contribution >= 4 is 5.91 Å². The van der Waals surface area contributed by atoms with E-state index in [1.165, 1.54) is 0 Å². The lowest BCUT2D eigenvalue weighted by molar-refractivity contribution is -0.136. The lowest BCUT2D eigenvalue weighted by Gasteiger charge is -2.34. The first-order valence-electron chi connectivity index (χ1n) is 6.96. The number of nitriles is 1. The molecule has 0 aromatic heterocycles. The van der Waals surface area contributed by atoms with Crippen LogP contribution in [0.5, 0.6) is 0 Å². The molecule has 18 heavy (non-hydrogen) atoms. The predicted octanol–water partition coefficient (Wildman–Crippen LogP) is 1.48. The highest BCUT2D eigenvalue weighted by atomic mass is 16.2. The van der Waals surface area contributed by atoms with Crippen molar-refractivity contribution in [1.82, 2.24) is 9.80 Å². The molecule has 0 aromatic carbocycles. The average Bonchev–Trinajstić information content (AvgIpc) is 2.84. The molecule has 0 aromatic rings. The Labute approximate surface area is 110 Å². The number of likely N-dealkylation sites (tertiary alicyclic amines) is 1. The Morgan fingerprint density at radius 1 is 1.28 bits per heavy atom. The van der Waals surface area contributed by atoms with Crippen molar-refractivity contribution in [1.29, 1.82) is 5.26 Å². The first-order chi connectivity index (χ1) is 8.61. The van der Waals surface area contributed by atoms with Crippen molar-refractivity contribution in [2.24, 2.45) is 11.8 Å². The molecular formula is C14H23N3O. The molecule has 1 aliphatic heterocycles. The van der Waals surface area contributed by atoms with Gasteiger partial charge in [-0.25, -0.2) is 0 Å². The van der Waals surface area contributed by atoms with Crippen LogP contribution in [0.3, 0.4) is 0 Å². The fourth-order valence-electron chi connectivity index (χ4n) is 3.20. The van der Waals surface area contributed by atoms with Gasteiger partial charge in [0.25, 0.3) is 0 Å². The molecule has 2 fully saturated rings. The summed E-state index contributed by atoms with van der Waals surface area (Å²) in [5.41, 5.74) is 0. The molecule has 2 aliphatic rings. The summed E-state index contributed by atoms with van der Waals surface area (Å²) in [7, 11) is 4.02. The van der Waals surface area contributed by atoms with Crippen LogP contribution in [0.1, 0.15) is 32.1 Å². The van der Waals surface area contributed by atoms with Gasteiger partial charge in [-0.1, -0.05) is 0 Å². The molecule has 4 nitrogen and oxygen atoms in total. The van der Waals surface area contributed by atoms with E-state index in [9.17, 15) is 4.79 Å². The first kappa shape index (κ1) is 13.4. The maximum Gasteiger partial charge on any atom is 0.227 e. The Balaban J connectivity index is 1.86. The van der Waals surface area contributed by atoms with Gasteiger partial charge in [-0.05, 0) is 45.7 Å². The summed E-state index contributed by atoms with van der Waals surface area (Å²) >= 11 is 0. The van der Waals surface area contributed by atoms with Gasteiger partial charge in [0.05, 0.1) is 12.0 Å². The predicted molar refractivity (Wildman–Crippen MR) is 69.7 cm³/mol. The Hall–Kier alpha value is -1.08. The van der Waals surface area contributed by atoms with Crippen LogP contribution in [0.2, 0.25) is 0 Å². The zero-order valence-corrected chi connectivity index (χ0v) is 11.4. The molecule has 1 unspecified atom stereocenters. The van der Waals surface area contributed by atoms with E-state index in [1.54, 1.807) is 0 Å². The highest BCUT2D eigenvalue weighted by Gasteiger charge is 2.32. The fraction of sp³-hybridized carbons (Fsp3) is 0.857. The number of hydrogen-bond acceptors (Lipinski definition) is 3. The normalized spacial score (nSPS) is 33.1. The van der Waals surface area contributed by atoms with Gasteiger partial charge in [0.2, 0.25) is 5.91 Å². The number of carbonyl (C=O) groups excluding carboxylic acids is 1. The summed E-state index contributed by atoms with van der Waals surface area (Å²) in [5.74, 6) is 0.704. The molecule has 2 rings (SSSR count). The van der Waals surface area contributed by atoms with E-state index in [-0.39, 0.29) is 11.8 Å². The van der Waals surface area contributed by atoms with Crippen LogP contribution in [0.4, 0.5) is 0 Å². The quantitative estimate of drug-likeness (QED) is 0.744. The highest BCUT2D eigenvalue weighted by Crippen LogP contribution is 2.28. The van der Waals surface area contributed by atoms with Gasteiger partial charge >= 0.3 is 0 Å². The minimum atomic E-state index is 0.189. The lowest BCUT2D eigenvalue weighted by atomic mass is 9.86. The van der Waals surface area contributed by atoms with E-state index >= 15 is 0 Å². The van der Waals surface area contributed by atoms with Crippen LogP contribution in [0.15, 0.2) is 0 Å². The van der Waals surface area contributed by atoms with Gasteiger partial charge in [0.1, 0.15) is 0 Å². The number of carbonyl (C=O) groups is 1. The van der Waals surface area contributed by atoms with E-state index in [2.05, 4.69) is 18.0 Å². The topological polar surface area (TPSA) is 47.3 Å². The maximum absolute atomic E-state index is 12.4. The van der Waals surface area contributed by atoms with Gasteiger partial charge in [0, 0.05) is 25.6 Å². The molecule has 1 atom stereocenters. The largest absolute Gasteiger partial charge is 0.342 e. The number of amides is 1. The van der Waals surface area contributed by atoms with E-state index in [0.29, 0.717) is 11.9 Å². The van der Waals surface area contributed by atoms with Crippen LogP contribution in [-0.4, -0.2) is 48.9 Å². The van der Waals surface area contributed by atoms with Crippen molar-refractivity contribution in [3.8, 4) is 6.07 Å². The minimum Gasteiger partial charge on any atom is -0.342 e. The zero-order valence-electron chi connectivity index (χ0n) is 11.4. The van der Waals surface area contributed by atoms with Crippen LogP contribution in [0.25, 0.3) is 0 Å². The summed E-state index contributed by atoms with van der Waals surface area (Å²) in [5, 5.41) is 8.89. The second-order valence-corrected chi connectivity index (χ2v) is 5.83. The third kappa shape index (κ3) is 2.84. The van der Waals surface area contributed by atoms with E-state index in [4.69, 9.17) is 5.26 Å². The Kier molecular flexibility index (Phi) is 4.23. The molecule has 4 heteroatoms. The molecule has 1 amide bonds. The van der Waals surface area contributed by atoms with Crippen molar-refractivity contribution in [3.05, 3.63) is 0 Å². The molecule has 0 spiro atoms. The zero-order chi connectivity index (χ0) is 13.1. The second-order valence-electron chi connectivity index (χ2n) is 5.83. The Morgan fingerprint density at radius 3 is 2.44 bits per heavy atom. The molecule has 100 valence electrons. The van der Waals surface area contributed by atoms with E-state index in [0.717, 1.165) is 45.2 Å². The standard InChI is InChI=1S/C14H23N3O/c1-16-8-7-12(10-16)14(18)17(2)13-5-3-11(9-15)4-6-13/h11-13H,3-8,10H2,1-2H3. The number of nitrogens with zero attached hydrogens (tertiary/aromatic N) is 3. The fourth-order valence-corrected chi connectivity index (χ4v) is 3.20. The summed E-state index contributed by atoms with van der Waals surface area (Å²) in [6.07, 6.45) is 4.87. The number of hydrogen-bond donors (Lipinski definition) is 0. The highest BCUT2D eigenvalue weighted by molar-refractivity contribution is 5.79. The van der Waals surface area contributed by atoms with Gasteiger partial charge < -0.3 is 9.80 Å². The molecule has 0 bridgehead atoms. The molecule has 1 aliphatic carbocycles. The van der Waals surface area contributed by atoms with Gasteiger partial charge in [-0.2, -0.15) is 5.26 Å². The Bertz CT molecular complexity index is 341. The molecule has 1 saturated heterocycles. The van der Waals surface area contributed by atoms with Crippen molar-refractivity contribution in [3.63, 3.8) is 0 Å². The Morgan fingerprint density at radius 2 is 1.94 bits per heavy atom. The minimum absolute atomic E-state index is 0.189. The van der Waals surface area contributed by atoms with Crippen LogP contribution >= 0.6 is 0 Å². The van der Waals surface area contributed by atoms with Crippen LogP contribution in [-0.2, 0) is 4.79 Å². The lowest BCUT2D eigenvalue weighted by Crippen LogP contribution is -2.43.